The van der Waals surface area contributed by atoms with Gasteiger partial charge in [0.05, 0.1) is 5.60 Å². The first kappa shape index (κ1) is 14.3. The molecule has 0 aromatic rings. The molecule has 0 aromatic heterocycles. The molecule has 2 nitrogen and oxygen atoms in total. The highest BCUT2D eigenvalue weighted by Crippen LogP contribution is 2.26. The Kier molecular flexibility index (Phi) is 6.78. The molecule has 0 bridgehead atoms. The van der Waals surface area contributed by atoms with Crippen molar-refractivity contribution in [3.05, 3.63) is 0 Å². The molecule has 0 radical (unpaired) electrons. The third-order valence-electron chi connectivity index (χ3n) is 3.54. The van der Waals surface area contributed by atoms with Gasteiger partial charge in [0.25, 0.3) is 0 Å². The molecule has 1 saturated heterocycles. The second-order valence-corrected chi connectivity index (χ2v) is 6.19. The molecular weight excluding hydrogens is 218 g/mol. The third-order valence-corrected chi connectivity index (χ3v) is 4.53. The van der Waals surface area contributed by atoms with E-state index < -0.39 is 5.60 Å². The molecule has 1 heterocycles. The van der Waals surface area contributed by atoms with E-state index in [1.807, 2.05) is 11.8 Å². The van der Waals surface area contributed by atoms with Gasteiger partial charge in [-0.15, -0.1) is 0 Å². The summed E-state index contributed by atoms with van der Waals surface area (Å²) < 4.78 is 0. The van der Waals surface area contributed by atoms with Crippen LogP contribution in [0.5, 0.6) is 0 Å². The maximum Gasteiger partial charge on any atom is 0.0787 e. The summed E-state index contributed by atoms with van der Waals surface area (Å²) in [4.78, 5) is 0. The number of hydrogen-bond acceptors (Lipinski definition) is 3. The minimum atomic E-state index is -0.426. The van der Waals surface area contributed by atoms with Gasteiger partial charge in [-0.3, -0.25) is 0 Å². The summed E-state index contributed by atoms with van der Waals surface area (Å²) in [6.07, 6.45) is 6.88. The van der Waals surface area contributed by atoms with Gasteiger partial charge in [-0.1, -0.05) is 26.7 Å². The van der Waals surface area contributed by atoms with Gasteiger partial charge < -0.3 is 10.4 Å². The highest BCUT2D eigenvalue weighted by Gasteiger charge is 2.29. The molecule has 0 amide bonds. The molecule has 96 valence electrons. The Balaban J connectivity index is 2.24. The zero-order chi connectivity index (χ0) is 11.9. The Bertz CT molecular complexity index is 181. The second-order valence-electron chi connectivity index (χ2n) is 4.97. The van der Waals surface area contributed by atoms with Crippen LogP contribution in [0.4, 0.5) is 0 Å². The summed E-state index contributed by atoms with van der Waals surface area (Å²) in [5, 5.41) is 13.9. The number of thioether (sulfide) groups is 1. The SMILES string of the molecule is CCCCC(CC)NCC1(O)CCSCC1. The van der Waals surface area contributed by atoms with Crippen LogP contribution in [0, 0.1) is 0 Å². The minimum Gasteiger partial charge on any atom is -0.389 e. The van der Waals surface area contributed by atoms with E-state index in [9.17, 15) is 5.11 Å². The van der Waals surface area contributed by atoms with Crippen molar-refractivity contribution in [2.75, 3.05) is 18.1 Å². The Morgan fingerprint density at radius 2 is 2.00 bits per heavy atom. The van der Waals surface area contributed by atoms with Crippen molar-refractivity contribution in [1.29, 1.82) is 0 Å². The fraction of sp³-hybridized carbons (Fsp3) is 1.00. The summed E-state index contributed by atoms with van der Waals surface area (Å²) >= 11 is 1.96. The van der Waals surface area contributed by atoms with Gasteiger partial charge >= 0.3 is 0 Å². The highest BCUT2D eigenvalue weighted by atomic mass is 32.2. The van der Waals surface area contributed by atoms with Crippen LogP contribution in [0.3, 0.4) is 0 Å². The van der Waals surface area contributed by atoms with Crippen molar-refractivity contribution in [1.82, 2.24) is 5.32 Å². The predicted octanol–water partition coefficient (Wildman–Crippen LogP) is 2.80. The molecule has 0 spiro atoms. The average molecular weight is 245 g/mol. The van der Waals surface area contributed by atoms with Crippen LogP contribution in [-0.2, 0) is 0 Å². The van der Waals surface area contributed by atoms with Gasteiger partial charge in [-0.2, -0.15) is 11.8 Å². The van der Waals surface area contributed by atoms with Crippen LogP contribution < -0.4 is 5.32 Å². The fourth-order valence-corrected chi connectivity index (χ4v) is 3.42. The zero-order valence-electron chi connectivity index (χ0n) is 10.8. The fourth-order valence-electron chi connectivity index (χ4n) is 2.16. The lowest BCUT2D eigenvalue weighted by Gasteiger charge is -2.33. The van der Waals surface area contributed by atoms with E-state index in [1.165, 1.54) is 25.7 Å². The van der Waals surface area contributed by atoms with E-state index >= 15 is 0 Å². The average Bonchev–Trinajstić information content (AvgIpc) is 2.30. The van der Waals surface area contributed by atoms with E-state index in [2.05, 4.69) is 19.2 Å². The Morgan fingerprint density at radius 1 is 1.31 bits per heavy atom. The standard InChI is InChI=1S/C13H27NOS/c1-3-5-6-12(4-2)14-11-13(15)7-9-16-10-8-13/h12,14-15H,3-11H2,1-2H3. The third kappa shape index (κ3) is 5.07. The second kappa shape index (κ2) is 7.57. The maximum absolute atomic E-state index is 10.4. The van der Waals surface area contributed by atoms with Crippen LogP contribution in [0.25, 0.3) is 0 Å². The van der Waals surface area contributed by atoms with Gasteiger partial charge in [0.1, 0.15) is 0 Å². The molecule has 16 heavy (non-hydrogen) atoms. The predicted molar refractivity (Wildman–Crippen MR) is 73.1 cm³/mol. The molecular formula is C13H27NOS. The Hall–Kier alpha value is 0.270. The van der Waals surface area contributed by atoms with Crippen molar-refractivity contribution in [3.63, 3.8) is 0 Å². The number of rotatable bonds is 7. The largest absolute Gasteiger partial charge is 0.389 e. The van der Waals surface area contributed by atoms with Crippen LogP contribution in [0.2, 0.25) is 0 Å². The van der Waals surface area contributed by atoms with Crippen LogP contribution in [0.15, 0.2) is 0 Å². The maximum atomic E-state index is 10.4. The first-order valence-corrected chi connectivity index (χ1v) is 7.89. The molecule has 0 saturated carbocycles. The molecule has 1 fully saturated rings. The Morgan fingerprint density at radius 3 is 2.56 bits per heavy atom. The lowest BCUT2D eigenvalue weighted by molar-refractivity contribution is 0.0291. The molecule has 0 aromatic carbocycles. The topological polar surface area (TPSA) is 32.3 Å². The van der Waals surface area contributed by atoms with Crippen molar-refractivity contribution in [2.24, 2.45) is 0 Å². The van der Waals surface area contributed by atoms with Gasteiger partial charge in [0.2, 0.25) is 0 Å². The van der Waals surface area contributed by atoms with Crippen molar-refractivity contribution in [2.45, 2.75) is 64.0 Å². The molecule has 3 heteroatoms. The van der Waals surface area contributed by atoms with Gasteiger partial charge in [0, 0.05) is 12.6 Å². The Labute approximate surface area is 105 Å². The van der Waals surface area contributed by atoms with E-state index in [1.54, 1.807) is 0 Å². The smallest absolute Gasteiger partial charge is 0.0787 e. The highest BCUT2D eigenvalue weighted by molar-refractivity contribution is 7.99. The monoisotopic (exact) mass is 245 g/mol. The molecule has 1 aliphatic heterocycles. The first-order valence-electron chi connectivity index (χ1n) is 6.73. The van der Waals surface area contributed by atoms with E-state index in [0.717, 1.165) is 30.9 Å². The summed E-state index contributed by atoms with van der Waals surface area (Å²) in [5.74, 6) is 2.23. The van der Waals surface area contributed by atoms with Gasteiger partial charge in [0.15, 0.2) is 0 Å². The van der Waals surface area contributed by atoms with Crippen LogP contribution >= 0.6 is 11.8 Å². The van der Waals surface area contributed by atoms with Crippen molar-refractivity contribution >= 4 is 11.8 Å². The lowest BCUT2D eigenvalue weighted by Crippen LogP contribution is -2.46. The molecule has 1 unspecified atom stereocenters. The molecule has 1 atom stereocenters. The molecule has 0 aliphatic carbocycles. The normalized spacial score (nSPS) is 21.9. The summed E-state index contributed by atoms with van der Waals surface area (Å²) in [7, 11) is 0. The number of hydrogen-bond donors (Lipinski definition) is 2. The zero-order valence-corrected chi connectivity index (χ0v) is 11.6. The van der Waals surface area contributed by atoms with E-state index in [-0.39, 0.29) is 0 Å². The quantitative estimate of drug-likeness (QED) is 0.723. The summed E-state index contributed by atoms with van der Waals surface area (Å²) in [6.45, 7) is 5.25. The van der Waals surface area contributed by atoms with E-state index in [0.29, 0.717) is 6.04 Å². The number of nitrogens with one attached hydrogen (secondary N) is 1. The first-order chi connectivity index (χ1) is 7.70. The van der Waals surface area contributed by atoms with Crippen LogP contribution in [-0.4, -0.2) is 34.8 Å². The minimum absolute atomic E-state index is 0.426. The van der Waals surface area contributed by atoms with Gasteiger partial charge in [-0.25, -0.2) is 0 Å². The van der Waals surface area contributed by atoms with Crippen molar-refractivity contribution in [3.8, 4) is 0 Å². The lowest BCUT2D eigenvalue weighted by atomic mass is 9.96. The van der Waals surface area contributed by atoms with E-state index in [4.69, 9.17) is 0 Å². The number of aliphatic hydroxyl groups is 1. The summed E-state index contributed by atoms with van der Waals surface area (Å²) in [6, 6.07) is 0.596. The molecule has 1 aliphatic rings. The van der Waals surface area contributed by atoms with Crippen molar-refractivity contribution < 1.29 is 5.11 Å². The number of unbranched alkanes of at least 4 members (excludes halogenated alkanes) is 1. The van der Waals surface area contributed by atoms with Gasteiger partial charge in [-0.05, 0) is 37.2 Å². The molecule has 2 N–H and O–H groups in total. The summed E-state index contributed by atoms with van der Waals surface area (Å²) in [5.41, 5.74) is -0.426. The van der Waals surface area contributed by atoms with Crippen LogP contribution in [0.1, 0.15) is 52.4 Å². The molecule has 1 rings (SSSR count).